The van der Waals surface area contributed by atoms with Gasteiger partial charge in [-0.15, -0.1) is 0 Å². The summed E-state index contributed by atoms with van der Waals surface area (Å²) in [7, 11) is 3.97. The summed E-state index contributed by atoms with van der Waals surface area (Å²) < 4.78 is 0. The second-order valence-corrected chi connectivity index (χ2v) is 5.68. The highest BCUT2D eigenvalue weighted by Gasteiger charge is 2.17. The van der Waals surface area contributed by atoms with Crippen LogP contribution in [-0.4, -0.2) is 30.2 Å². The van der Waals surface area contributed by atoms with Gasteiger partial charge in [0.15, 0.2) is 5.82 Å². The summed E-state index contributed by atoms with van der Waals surface area (Å²) in [6.07, 6.45) is 6.94. The molecule has 110 valence electrons. The molecule has 5 heteroatoms. The van der Waals surface area contributed by atoms with Crippen LogP contribution in [0.1, 0.15) is 19.3 Å². The van der Waals surface area contributed by atoms with Gasteiger partial charge in [0.2, 0.25) is 5.91 Å². The van der Waals surface area contributed by atoms with Gasteiger partial charge in [-0.3, -0.25) is 9.89 Å². The maximum Gasteiger partial charge on any atom is 0.226 e. The Hall–Kier alpha value is -2.30. The van der Waals surface area contributed by atoms with Gasteiger partial charge in [-0.2, -0.15) is 5.10 Å². The predicted octanol–water partition coefficient (Wildman–Crippen LogP) is 2.92. The van der Waals surface area contributed by atoms with Gasteiger partial charge in [-0.25, -0.2) is 0 Å². The van der Waals surface area contributed by atoms with Crippen LogP contribution in [0, 0.1) is 5.92 Å². The van der Waals surface area contributed by atoms with E-state index >= 15 is 0 Å². The number of amides is 1. The third-order valence-electron chi connectivity index (χ3n) is 3.87. The highest BCUT2D eigenvalue weighted by molar-refractivity contribution is 6.05. The number of benzene rings is 1. The lowest BCUT2D eigenvalue weighted by molar-refractivity contribution is -0.116. The molecular weight excluding hydrogens is 264 g/mol. The number of hydrogen-bond acceptors (Lipinski definition) is 3. The zero-order valence-corrected chi connectivity index (χ0v) is 12.4. The van der Waals surface area contributed by atoms with Crippen molar-refractivity contribution in [2.24, 2.45) is 5.92 Å². The van der Waals surface area contributed by atoms with Crippen molar-refractivity contribution < 1.29 is 4.79 Å². The van der Waals surface area contributed by atoms with Crippen LogP contribution in [-0.2, 0) is 4.79 Å². The molecule has 1 atom stereocenters. The first-order chi connectivity index (χ1) is 10.1. The lowest BCUT2D eigenvalue weighted by atomic mass is 10.1. The van der Waals surface area contributed by atoms with E-state index in [9.17, 15) is 4.79 Å². The summed E-state index contributed by atoms with van der Waals surface area (Å²) in [5, 5.41) is 11.1. The SMILES string of the molecule is CN(C)c1cccc2[nH]nc(NC(=O)CC3C=CCC3)c12. The van der Waals surface area contributed by atoms with Crippen LogP contribution in [0.5, 0.6) is 0 Å². The van der Waals surface area contributed by atoms with E-state index in [1.807, 2.05) is 37.2 Å². The molecule has 0 radical (unpaired) electrons. The molecule has 1 aromatic heterocycles. The number of H-pyrrole nitrogens is 1. The minimum Gasteiger partial charge on any atom is -0.377 e. The second-order valence-electron chi connectivity index (χ2n) is 5.68. The third kappa shape index (κ3) is 2.77. The fourth-order valence-corrected chi connectivity index (χ4v) is 2.80. The van der Waals surface area contributed by atoms with E-state index in [0.29, 0.717) is 18.2 Å². The zero-order valence-electron chi connectivity index (χ0n) is 12.4. The second kappa shape index (κ2) is 5.60. The van der Waals surface area contributed by atoms with Crippen molar-refractivity contribution in [2.45, 2.75) is 19.3 Å². The quantitative estimate of drug-likeness (QED) is 0.849. The molecule has 1 heterocycles. The summed E-state index contributed by atoms with van der Waals surface area (Å²) in [5.41, 5.74) is 1.97. The summed E-state index contributed by atoms with van der Waals surface area (Å²) in [6, 6.07) is 5.96. The number of anilines is 2. The molecule has 1 amide bonds. The van der Waals surface area contributed by atoms with Gasteiger partial charge in [0, 0.05) is 26.2 Å². The van der Waals surface area contributed by atoms with Crippen LogP contribution in [0.4, 0.5) is 11.5 Å². The number of nitrogens with one attached hydrogen (secondary N) is 2. The molecule has 5 nitrogen and oxygen atoms in total. The van der Waals surface area contributed by atoms with Gasteiger partial charge in [0.05, 0.1) is 10.9 Å². The lowest BCUT2D eigenvalue weighted by Gasteiger charge is -2.14. The third-order valence-corrected chi connectivity index (χ3v) is 3.87. The average molecular weight is 284 g/mol. The van der Waals surface area contributed by atoms with Crippen LogP contribution >= 0.6 is 0 Å². The van der Waals surface area contributed by atoms with Gasteiger partial charge in [0.1, 0.15) is 0 Å². The molecule has 1 unspecified atom stereocenters. The molecule has 1 aliphatic rings. The van der Waals surface area contributed by atoms with Crippen molar-refractivity contribution in [3.05, 3.63) is 30.4 Å². The highest BCUT2D eigenvalue weighted by atomic mass is 16.1. The van der Waals surface area contributed by atoms with Crippen molar-refractivity contribution in [3.8, 4) is 0 Å². The van der Waals surface area contributed by atoms with E-state index in [1.165, 1.54) is 0 Å². The molecule has 0 bridgehead atoms. The van der Waals surface area contributed by atoms with Crippen molar-refractivity contribution in [3.63, 3.8) is 0 Å². The van der Waals surface area contributed by atoms with E-state index in [2.05, 4.69) is 27.7 Å². The van der Waals surface area contributed by atoms with Gasteiger partial charge >= 0.3 is 0 Å². The molecule has 21 heavy (non-hydrogen) atoms. The Kier molecular flexibility index (Phi) is 3.64. The maximum absolute atomic E-state index is 12.2. The molecular formula is C16H20N4O. The van der Waals surface area contributed by atoms with Crippen molar-refractivity contribution in [2.75, 3.05) is 24.3 Å². The molecule has 1 aliphatic carbocycles. The predicted molar refractivity (Wildman–Crippen MR) is 85.5 cm³/mol. The van der Waals surface area contributed by atoms with Gasteiger partial charge in [-0.1, -0.05) is 18.2 Å². The molecule has 3 rings (SSSR count). The normalized spacial score (nSPS) is 17.3. The Morgan fingerprint density at radius 2 is 2.33 bits per heavy atom. The summed E-state index contributed by atoms with van der Waals surface area (Å²) >= 11 is 0. The van der Waals surface area contributed by atoms with Crippen molar-refractivity contribution in [1.29, 1.82) is 0 Å². The molecule has 0 aliphatic heterocycles. The maximum atomic E-state index is 12.2. The minimum absolute atomic E-state index is 0.0218. The number of carbonyl (C=O) groups excluding carboxylic acids is 1. The minimum atomic E-state index is 0.0218. The van der Waals surface area contributed by atoms with Gasteiger partial charge in [0.25, 0.3) is 0 Å². The fraction of sp³-hybridized carbons (Fsp3) is 0.375. The van der Waals surface area contributed by atoms with E-state index in [1.54, 1.807) is 0 Å². The summed E-state index contributed by atoms with van der Waals surface area (Å²) in [5.74, 6) is 0.998. The number of hydrogen-bond donors (Lipinski definition) is 2. The first-order valence-electron chi connectivity index (χ1n) is 7.26. The fourth-order valence-electron chi connectivity index (χ4n) is 2.80. The van der Waals surface area contributed by atoms with Crippen molar-refractivity contribution in [1.82, 2.24) is 10.2 Å². The molecule has 1 aromatic carbocycles. The Bertz CT molecular complexity index is 687. The van der Waals surface area contributed by atoms with E-state index in [-0.39, 0.29) is 5.91 Å². The van der Waals surface area contributed by atoms with Crippen LogP contribution in [0.3, 0.4) is 0 Å². The zero-order chi connectivity index (χ0) is 14.8. The number of allylic oxidation sites excluding steroid dienone is 2. The van der Waals surface area contributed by atoms with Crippen LogP contribution in [0.2, 0.25) is 0 Å². The first-order valence-corrected chi connectivity index (χ1v) is 7.26. The standard InChI is InChI=1S/C16H20N4O/c1-20(2)13-9-5-8-12-15(13)16(19-18-12)17-14(21)10-11-6-3-4-7-11/h3,5-6,8-9,11H,4,7,10H2,1-2H3,(H2,17,18,19,21). The molecule has 2 N–H and O–H groups in total. The Morgan fingerprint density at radius 3 is 3.05 bits per heavy atom. The summed E-state index contributed by atoms with van der Waals surface area (Å²) in [6.45, 7) is 0. The van der Waals surface area contributed by atoms with E-state index in [0.717, 1.165) is 29.4 Å². The Labute approximate surface area is 124 Å². The van der Waals surface area contributed by atoms with Gasteiger partial charge in [-0.05, 0) is 30.9 Å². The molecule has 0 spiro atoms. The van der Waals surface area contributed by atoms with Crippen LogP contribution in [0.15, 0.2) is 30.4 Å². The van der Waals surface area contributed by atoms with Crippen LogP contribution in [0.25, 0.3) is 10.9 Å². The van der Waals surface area contributed by atoms with Crippen molar-refractivity contribution >= 4 is 28.3 Å². The monoisotopic (exact) mass is 284 g/mol. The number of fused-ring (bicyclic) bond motifs is 1. The number of nitrogens with zero attached hydrogens (tertiary/aromatic N) is 2. The Morgan fingerprint density at radius 1 is 1.48 bits per heavy atom. The highest BCUT2D eigenvalue weighted by Crippen LogP contribution is 2.30. The topological polar surface area (TPSA) is 61.0 Å². The summed E-state index contributed by atoms with van der Waals surface area (Å²) in [4.78, 5) is 14.2. The molecule has 0 saturated carbocycles. The number of rotatable bonds is 4. The number of carbonyl (C=O) groups is 1. The molecule has 0 saturated heterocycles. The lowest BCUT2D eigenvalue weighted by Crippen LogP contribution is -2.16. The number of aromatic amines is 1. The largest absolute Gasteiger partial charge is 0.377 e. The molecule has 0 fully saturated rings. The van der Waals surface area contributed by atoms with E-state index in [4.69, 9.17) is 0 Å². The Balaban J connectivity index is 1.83. The first kappa shape index (κ1) is 13.7. The smallest absolute Gasteiger partial charge is 0.226 e. The van der Waals surface area contributed by atoms with Gasteiger partial charge < -0.3 is 10.2 Å². The molecule has 2 aromatic rings. The average Bonchev–Trinajstić information content (AvgIpc) is 3.08. The van der Waals surface area contributed by atoms with E-state index < -0.39 is 0 Å². The number of aromatic nitrogens is 2. The van der Waals surface area contributed by atoms with Crippen LogP contribution < -0.4 is 10.2 Å².